The van der Waals surface area contributed by atoms with Gasteiger partial charge in [-0.3, -0.25) is 9.80 Å². The summed E-state index contributed by atoms with van der Waals surface area (Å²) in [5, 5.41) is 4.17. The van der Waals surface area contributed by atoms with Crippen LogP contribution in [0, 0.1) is 0 Å². The lowest BCUT2D eigenvalue weighted by Gasteiger charge is -2.34. The van der Waals surface area contributed by atoms with Crippen molar-refractivity contribution in [2.75, 3.05) is 41.5 Å². The molecule has 2 aliphatic rings. The summed E-state index contributed by atoms with van der Waals surface area (Å²) in [6, 6.07) is 9.62. The molecule has 0 bridgehead atoms. The Morgan fingerprint density at radius 2 is 1.88 bits per heavy atom. The van der Waals surface area contributed by atoms with Crippen LogP contribution in [0.5, 0.6) is 0 Å². The third-order valence-corrected chi connectivity index (χ3v) is 5.32. The zero-order chi connectivity index (χ0) is 22.9. The lowest BCUT2D eigenvalue weighted by molar-refractivity contribution is -0.137. The van der Waals surface area contributed by atoms with Crippen LogP contribution in [-0.4, -0.2) is 42.7 Å². The number of halogens is 3. The highest BCUT2D eigenvalue weighted by Crippen LogP contribution is 2.34. The van der Waals surface area contributed by atoms with Crippen molar-refractivity contribution in [3.05, 3.63) is 60.1 Å². The lowest BCUT2D eigenvalue weighted by Crippen LogP contribution is -2.53. The molecule has 32 heavy (non-hydrogen) atoms. The fourth-order valence-corrected chi connectivity index (χ4v) is 3.61. The third-order valence-electron chi connectivity index (χ3n) is 5.32. The normalized spacial score (nSPS) is 21.4. The molecule has 1 saturated heterocycles. The van der Waals surface area contributed by atoms with E-state index in [9.17, 15) is 18.0 Å². The van der Waals surface area contributed by atoms with E-state index in [1.165, 1.54) is 0 Å². The van der Waals surface area contributed by atoms with Crippen molar-refractivity contribution in [1.82, 2.24) is 10.4 Å². The van der Waals surface area contributed by atoms with Crippen molar-refractivity contribution in [1.29, 1.82) is 0 Å². The maximum atomic E-state index is 12.9. The van der Waals surface area contributed by atoms with Gasteiger partial charge in [-0.2, -0.15) is 13.2 Å². The average Bonchev–Trinajstić information content (AvgIpc) is 3.09. The third kappa shape index (κ3) is 4.34. The number of hydrogen-bond donors (Lipinski definition) is 3. The molecule has 170 valence electrons. The van der Waals surface area contributed by atoms with E-state index < -0.39 is 23.2 Å². The molecule has 4 rings (SSSR count). The number of hydrazine groups is 1. The van der Waals surface area contributed by atoms with Crippen molar-refractivity contribution in [2.24, 2.45) is 5.73 Å². The van der Waals surface area contributed by atoms with E-state index in [-0.39, 0.29) is 5.82 Å². The Kier molecular flexibility index (Phi) is 5.70. The molecule has 3 heterocycles. The van der Waals surface area contributed by atoms with Gasteiger partial charge in [-0.25, -0.2) is 10.4 Å². The summed E-state index contributed by atoms with van der Waals surface area (Å²) in [5.74, 6) is -0.187. The van der Waals surface area contributed by atoms with Gasteiger partial charge in [0.15, 0.2) is 0 Å². The number of anilines is 3. The molecule has 1 unspecified atom stereocenters. The Balaban J connectivity index is 1.52. The molecular weight excluding hydrogens is 425 g/mol. The molecule has 0 radical (unpaired) electrons. The van der Waals surface area contributed by atoms with Crippen LogP contribution in [0.1, 0.15) is 12.5 Å². The fourth-order valence-electron chi connectivity index (χ4n) is 3.61. The number of carbonyl (C=O) groups excluding carboxylic acids is 1. The SMILES string of the molecule is CC1(C(=O)Nc2ccc(C(F)(F)F)cn2)C=C(N)N(c2ccccc2N2CCOCC2)N1. The van der Waals surface area contributed by atoms with Crippen LogP contribution in [0.4, 0.5) is 30.4 Å². The predicted molar refractivity (Wildman–Crippen MR) is 114 cm³/mol. The molecule has 1 atom stereocenters. The number of ether oxygens (including phenoxy) is 1. The monoisotopic (exact) mass is 448 g/mol. The summed E-state index contributed by atoms with van der Waals surface area (Å²) in [6.45, 7) is 4.31. The van der Waals surface area contributed by atoms with E-state index in [0.29, 0.717) is 25.2 Å². The Hall–Kier alpha value is -3.31. The Morgan fingerprint density at radius 1 is 1.19 bits per heavy atom. The zero-order valence-electron chi connectivity index (χ0n) is 17.3. The van der Waals surface area contributed by atoms with Gasteiger partial charge in [0.2, 0.25) is 0 Å². The number of nitrogens with two attached hydrogens (primary N) is 1. The second kappa shape index (κ2) is 8.32. The van der Waals surface area contributed by atoms with Gasteiger partial charge in [0, 0.05) is 19.3 Å². The van der Waals surface area contributed by atoms with Crippen LogP contribution in [-0.2, 0) is 15.7 Å². The molecular formula is C21H23F3N6O2. The van der Waals surface area contributed by atoms with Crippen LogP contribution < -0.4 is 26.4 Å². The number of pyridine rings is 1. The number of aromatic nitrogens is 1. The summed E-state index contributed by atoms with van der Waals surface area (Å²) < 4.78 is 43.6. The maximum absolute atomic E-state index is 12.9. The van der Waals surface area contributed by atoms with Crippen molar-refractivity contribution in [3.8, 4) is 0 Å². The van der Waals surface area contributed by atoms with Gasteiger partial charge >= 0.3 is 6.18 Å². The van der Waals surface area contributed by atoms with Gasteiger partial charge in [0.1, 0.15) is 17.2 Å². The highest BCUT2D eigenvalue weighted by molar-refractivity contribution is 6.00. The minimum absolute atomic E-state index is 0.00478. The second-order valence-electron chi connectivity index (χ2n) is 7.69. The van der Waals surface area contributed by atoms with Crippen LogP contribution >= 0.6 is 0 Å². The van der Waals surface area contributed by atoms with E-state index in [4.69, 9.17) is 10.5 Å². The molecule has 0 spiro atoms. The largest absolute Gasteiger partial charge is 0.417 e. The Morgan fingerprint density at radius 3 is 2.50 bits per heavy atom. The number of benzene rings is 1. The molecule has 1 aromatic carbocycles. The van der Waals surface area contributed by atoms with Gasteiger partial charge in [-0.1, -0.05) is 12.1 Å². The first kappa shape index (κ1) is 21.9. The standard InChI is InChI=1S/C21H23F3N6O2/c1-20(19(31)27-18-7-6-14(13-26-18)21(22,23)24)12-17(25)30(28-20)16-5-3-2-4-15(16)29-8-10-32-11-9-29/h2-7,12-13,28H,8-11,25H2,1H3,(H,26,27,31). The summed E-state index contributed by atoms with van der Waals surface area (Å²) >= 11 is 0. The van der Waals surface area contributed by atoms with Crippen LogP contribution in [0.3, 0.4) is 0 Å². The minimum atomic E-state index is -4.50. The van der Waals surface area contributed by atoms with Crippen molar-refractivity contribution >= 4 is 23.1 Å². The van der Waals surface area contributed by atoms with E-state index in [1.807, 2.05) is 24.3 Å². The molecule has 2 aliphatic heterocycles. The van der Waals surface area contributed by atoms with Crippen LogP contribution in [0.25, 0.3) is 0 Å². The summed E-state index contributed by atoms with van der Waals surface area (Å²) in [6.07, 6.45) is -2.27. The van der Waals surface area contributed by atoms with Gasteiger partial charge in [0.25, 0.3) is 5.91 Å². The van der Waals surface area contributed by atoms with E-state index in [0.717, 1.165) is 36.6 Å². The second-order valence-corrected chi connectivity index (χ2v) is 7.69. The van der Waals surface area contributed by atoms with Gasteiger partial charge < -0.3 is 20.7 Å². The van der Waals surface area contributed by atoms with Gasteiger partial charge in [-0.15, -0.1) is 0 Å². The van der Waals surface area contributed by atoms with Gasteiger partial charge in [-0.05, 0) is 37.3 Å². The molecule has 1 amide bonds. The number of morpholine rings is 1. The Bertz CT molecular complexity index is 1020. The number of nitrogens with zero attached hydrogens (tertiary/aromatic N) is 3. The molecule has 8 nitrogen and oxygen atoms in total. The molecule has 11 heteroatoms. The number of rotatable bonds is 4. The summed E-state index contributed by atoms with van der Waals surface area (Å²) in [7, 11) is 0. The highest BCUT2D eigenvalue weighted by Gasteiger charge is 2.40. The Labute approximate surface area is 182 Å². The lowest BCUT2D eigenvalue weighted by atomic mass is 10.0. The number of carbonyl (C=O) groups is 1. The molecule has 0 saturated carbocycles. The predicted octanol–water partition coefficient (Wildman–Crippen LogP) is 2.46. The molecule has 0 aliphatic carbocycles. The highest BCUT2D eigenvalue weighted by atomic mass is 19.4. The molecule has 1 fully saturated rings. The first-order valence-electron chi connectivity index (χ1n) is 10.00. The van der Waals surface area contributed by atoms with Crippen molar-refractivity contribution in [2.45, 2.75) is 18.6 Å². The quantitative estimate of drug-likeness (QED) is 0.661. The van der Waals surface area contributed by atoms with E-state index in [1.54, 1.807) is 18.0 Å². The number of hydrogen-bond acceptors (Lipinski definition) is 7. The topological polar surface area (TPSA) is 95.8 Å². The average molecular weight is 448 g/mol. The van der Waals surface area contributed by atoms with Crippen LogP contribution in [0.2, 0.25) is 0 Å². The summed E-state index contributed by atoms with van der Waals surface area (Å²) in [4.78, 5) is 18.8. The number of nitrogens with one attached hydrogen (secondary N) is 2. The smallest absolute Gasteiger partial charge is 0.384 e. The summed E-state index contributed by atoms with van der Waals surface area (Å²) in [5.41, 5.74) is 8.92. The molecule has 2 aromatic rings. The maximum Gasteiger partial charge on any atom is 0.417 e. The van der Waals surface area contributed by atoms with Crippen LogP contribution in [0.15, 0.2) is 54.5 Å². The van der Waals surface area contributed by atoms with E-state index >= 15 is 0 Å². The van der Waals surface area contributed by atoms with Crippen molar-refractivity contribution in [3.63, 3.8) is 0 Å². The molecule has 4 N–H and O–H groups in total. The van der Waals surface area contributed by atoms with E-state index in [2.05, 4.69) is 20.6 Å². The van der Waals surface area contributed by atoms with Crippen molar-refractivity contribution < 1.29 is 22.7 Å². The first-order valence-corrected chi connectivity index (χ1v) is 10.00. The zero-order valence-corrected chi connectivity index (χ0v) is 17.3. The molecule has 1 aromatic heterocycles. The first-order chi connectivity index (χ1) is 15.2. The van der Waals surface area contributed by atoms with Gasteiger partial charge in [0.05, 0.1) is 30.2 Å². The number of amides is 1. The fraction of sp³-hybridized carbons (Fsp3) is 0.333. The number of para-hydroxylation sites is 2. The number of alkyl halides is 3. The minimum Gasteiger partial charge on any atom is -0.384 e.